The number of likely N-dealkylation sites (tertiary alicyclic amines) is 1. The SMILES string of the molecule is C[C@@H]1CCC[C@H](NC(=O)[C@@H]2CC(N)CN2C(=O)Cn2nc(C(N)=O)c3ccccc32)C1. The van der Waals surface area contributed by atoms with E-state index < -0.39 is 11.9 Å². The number of hydrogen-bond donors (Lipinski definition) is 3. The highest BCUT2D eigenvalue weighted by Gasteiger charge is 2.39. The van der Waals surface area contributed by atoms with Gasteiger partial charge in [0.25, 0.3) is 5.91 Å². The van der Waals surface area contributed by atoms with Crippen LogP contribution in [0, 0.1) is 5.92 Å². The molecule has 2 fully saturated rings. The number of fused-ring (bicyclic) bond motifs is 1. The van der Waals surface area contributed by atoms with Crippen LogP contribution in [0.15, 0.2) is 24.3 Å². The van der Waals surface area contributed by atoms with Crippen molar-refractivity contribution in [1.82, 2.24) is 20.0 Å². The molecule has 0 bridgehead atoms. The fourth-order valence-corrected chi connectivity index (χ4v) is 4.90. The summed E-state index contributed by atoms with van der Waals surface area (Å²) in [6.45, 7) is 2.43. The van der Waals surface area contributed by atoms with Gasteiger partial charge in [0.05, 0.1) is 5.52 Å². The number of benzene rings is 1. The highest BCUT2D eigenvalue weighted by atomic mass is 16.2. The molecule has 9 heteroatoms. The maximum absolute atomic E-state index is 13.2. The minimum absolute atomic E-state index is 0.0925. The average molecular weight is 427 g/mol. The predicted molar refractivity (Wildman–Crippen MR) is 116 cm³/mol. The van der Waals surface area contributed by atoms with Gasteiger partial charge < -0.3 is 21.7 Å². The van der Waals surface area contributed by atoms with Crippen LogP contribution in [-0.4, -0.2) is 57.1 Å². The number of nitrogens with one attached hydrogen (secondary N) is 1. The van der Waals surface area contributed by atoms with E-state index >= 15 is 0 Å². The lowest BCUT2D eigenvalue weighted by atomic mass is 9.87. The van der Waals surface area contributed by atoms with Crippen molar-refractivity contribution in [1.29, 1.82) is 0 Å². The Balaban J connectivity index is 1.50. The smallest absolute Gasteiger partial charge is 0.269 e. The first kappa shape index (κ1) is 21.3. The third kappa shape index (κ3) is 4.41. The molecule has 4 atom stereocenters. The number of amides is 3. The van der Waals surface area contributed by atoms with Gasteiger partial charge in [0.2, 0.25) is 11.8 Å². The number of carbonyl (C=O) groups is 3. The minimum Gasteiger partial charge on any atom is -0.364 e. The largest absolute Gasteiger partial charge is 0.364 e. The van der Waals surface area contributed by atoms with E-state index in [2.05, 4.69) is 17.3 Å². The zero-order valence-corrected chi connectivity index (χ0v) is 17.8. The minimum atomic E-state index is -0.649. The molecule has 2 aromatic rings. The van der Waals surface area contributed by atoms with Crippen LogP contribution in [0.25, 0.3) is 10.9 Å². The molecule has 166 valence electrons. The molecule has 1 aromatic heterocycles. The lowest BCUT2D eigenvalue weighted by Gasteiger charge is -2.30. The predicted octanol–water partition coefficient (Wildman–Crippen LogP) is 0.758. The van der Waals surface area contributed by atoms with Crippen molar-refractivity contribution in [2.75, 3.05) is 6.54 Å². The van der Waals surface area contributed by atoms with Crippen molar-refractivity contribution in [3.63, 3.8) is 0 Å². The van der Waals surface area contributed by atoms with Crippen LogP contribution in [0.4, 0.5) is 0 Å². The van der Waals surface area contributed by atoms with E-state index in [9.17, 15) is 14.4 Å². The number of primary amides is 1. The van der Waals surface area contributed by atoms with Crippen molar-refractivity contribution < 1.29 is 14.4 Å². The molecule has 2 aliphatic rings. The van der Waals surface area contributed by atoms with E-state index in [1.54, 1.807) is 23.1 Å². The molecule has 1 aliphatic carbocycles. The Bertz CT molecular complexity index is 1000. The second-order valence-electron chi connectivity index (χ2n) is 8.92. The summed E-state index contributed by atoms with van der Waals surface area (Å²) in [5.74, 6) is -0.447. The van der Waals surface area contributed by atoms with Gasteiger partial charge in [-0.2, -0.15) is 5.10 Å². The second kappa shape index (κ2) is 8.66. The van der Waals surface area contributed by atoms with Crippen molar-refractivity contribution in [2.45, 2.75) is 63.7 Å². The van der Waals surface area contributed by atoms with Gasteiger partial charge in [-0.05, 0) is 31.2 Å². The number of nitrogens with two attached hydrogens (primary N) is 2. The summed E-state index contributed by atoms with van der Waals surface area (Å²) in [6.07, 6.45) is 4.67. The molecule has 4 rings (SSSR count). The Morgan fingerprint density at radius 1 is 1.19 bits per heavy atom. The molecule has 31 heavy (non-hydrogen) atoms. The summed E-state index contributed by atoms with van der Waals surface area (Å²) in [6, 6.07) is 6.44. The van der Waals surface area contributed by atoms with Gasteiger partial charge >= 0.3 is 0 Å². The Morgan fingerprint density at radius 3 is 2.71 bits per heavy atom. The van der Waals surface area contributed by atoms with Gasteiger partial charge in [0.15, 0.2) is 5.69 Å². The van der Waals surface area contributed by atoms with E-state index in [-0.39, 0.29) is 36.1 Å². The zero-order chi connectivity index (χ0) is 22.1. The molecule has 1 saturated carbocycles. The second-order valence-corrected chi connectivity index (χ2v) is 8.92. The molecular formula is C22H30N6O3. The third-order valence-electron chi connectivity index (χ3n) is 6.42. The number of aromatic nitrogens is 2. The maximum Gasteiger partial charge on any atom is 0.269 e. The molecule has 1 aromatic carbocycles. The summed E-state index contributed by atoms with van der Waals surface area (Å²) in [4.78, 5) is 39.4. The Morgan fingerprint density at radius 2 is 1.97 bits per heavy atom. The van der Waals surface area contributed by atoms with Crippen LogP contribution >= 0.6 is 0 Å². The summed E-state index contributed by atoms with van der Waals surface area (Å²) in [7, 11) is 0. The van der Waals surface area contributed by atoms with Gasteiger partial charge in [-0.3, -0.25) is 19.1 Å². The van der Waals surface area contributed by atoms with Crippen LogP contribution in [0.1, 0.15) is 49.5 Å². The topological polar surface area (TPSA) is 136 Å². The van der Waals surface area contributed by atoms with Crippen LogP contribution in [0.5, 0.6) is 0 Å². The number of rotatable bonds is 5. The molecule has 0 spiro atoms. The summed E-state index contributed by atoms with van der Waals surface area (Å²) >= 11 is 0. The Hall–Kier alpha value is -2.94. The van der Waals surface area contributed by atoms with Gasteiger partial charge in [-0.15, -0.1) is 0 Å². The molecule has 3 amide bonds. The molecule has 1 unspecified atom stereocenters. The first-order valence-corrected chi connectivity index (χ1v) is 10.9. The fraction of sp³-hybridized carbons (Fsp3) is 0.545. The standard InChI is InChI=1S/C22H30N6O3/c1-13-5-4-6-15(9-13)25-22(31)18-10-14(23)11-27(18)19(29)12-28-17-8-3-2-7-16(17)20(26-28)21(24)30/h2-3,7-8,13-15,18H,4-6,9-12,23H2,1H3,(H2,24,30)(H,25,31)/t13-,14?,15+,18+/m1/s1. The highest BCUT2D eigenvalue weighted by molar-refractivity contribution is 6.04. The van der Waals surface area contributed by atoms with Crippen LogP contribution in [0.3, 0.4) is 0 Å². The maximum atomic E-state index is 13.2. The van der Waals surface area contributed by atoms with Crippen LogP contribution in [0.2, 0.25) is 0 Å². The monoisotopic (exact) mass is 426 g/mol. The Kier molecular flexibility index (Phi) is 5.95. The van der Waals surface area contributed by atoms with Gasteiger partial charge in [-0.25, -0.2) is 0 Å². The number of carbonyl (C=O) groups excluding carboxylic acids is 3. The number of hydrogen-bond acceptors (Lipinski definition) is 5. The first-order chi connectivity index (χ1) is 14.8. The van der Waals surface area contributed by atoms with E-state index in [0.29, 0.717) is 29.8 Å². The van der Waals surface area contributed by atoms with Gasteiger partial charge in [-0.1, -0.05) is 38.0 Å². The zero-order valence-electron chi connectivity index (χ0n) is 17.8. The normalized spacial score (nSPS) is 26.2. The molecule has 0 radical (unpaired) electrons. The molecule has 2 heterocycles. The van der Waals surface area contributed by atoms with Crippen molar-refractivity contribution >= 4 is 28.6 Å². The molecule has 1 saturated heterocycles. The van der Waals surface area contributed by atoms with Crippen molar-refractivity contribution in [3.05, 3.63) is 30.0 Å². The van der Waals surface area contributed by atoms with E-state index in [1.807, 2.05) is 6.07 Å². The molecule has 5 N–H and O–H groups in total. The number of para-hydroxylation sites is 1. The summed E-state index contributed by atoms with van der Waals surface area (Å²) < 4.78 is 1.47. The van der Waals surface area contributed by atoms with E-state index in [4.69, 9.17) is 11.5 Å². The molecule has 1 aliphatic heterocycles. The van der Waals surface area contributed by atoms with Gasteiger partial charge in [0, 0.05) is 24.0 Å². The van der Waals surface area contributed by atoms with Gasteiger partial charge in [0.1, 0.15) is 12.6 Å². The van der Waals surface area contributed by atoms with E-state index in [0.717, 1.165) is 19.3 Å². The Labute approximate surface area is 181 Å². The summed E-state index contributed by atoms with van der Waals surface area (Å²) in [5.41, 5.74) is 12.3. The lowest BCUT2D eigenvalue weighted by molar-refractivity contribution is -0.139. The molecule has 9 nitrogen and oxygen atoms in total. The quantitative estimate of drug-likeness (QED) is 0.648. The first-order valence-electron chi connectivity index (χ1n) is 10.9. The number of nitrogens with zero attached hydrogens (tertiary/aromatic N) is 3. The molecular weight excluding hydrogens is 396 g/mol. The van der Waals surface area contributed by atoms with Crippen molar-refractivity contribution in [2.24, 2.45) is 17.4 Å². The van der Waals surface area contributed by atoms with Crippen LogP contribution < -0.4 is 16.8 Å². The van der Waals surface area contributed by atoms with Crippen molar-refractivity contribution in [3.8, 4) is 0 Å². The lowest BCUT2D eigenvalue weighted by Crippen LogP contribution is -2.50. The van der Waals surface area contributed by atoms with E-state index in [1.165, 1.54) is 11.1 Å². The highest BCUT2D eigenvalue weighted by Crippen LogP contribution is 2.25. The average Bonchev–Trinajstić information content (AvgIpc) is 3.29. The third-order valence-corrected chi connectivity index (χ3v) is 6.42. The fourth-order valence-electron chi connectivity index (χ4n) is 4.90. The van der Waals surface area contributed by atoms with Crippen LogP contribution in [-0.2, 0) is 16.1 Å². The summed E-state index contributed by atoms with van der Waals surface area (Å²) in [5, 5.41) is 7.99.